The van der Waals surface area contributed by atoms with Gasteiger partial charge in [-0.1, -0.05) is 27.5 Å². The Labute approximate surface area is 136 Å². The van der Waals surface area contributed by atoms with Gasteiger partial charge < -0.3 is 10.1 Å². The monoisotopic (exact) mass is 371 g/mol. The predicted molar refractivity (Wildman–Crippen MR) is 87.7 cm³/mol. The highest BCUT2D eigenvalue weighted by Gasteiger charge is 2.20. The topological polar surface area (TPSA) is 21.3 Å². The van der Waals surface area contributed by atoms with Crippen molar-refractivity contribution in [3.05, 3.63) is 49.6 Å². The van der Waals surface area contributed by atoms with E-state index in [4.69, 9.17) is 16.3 Å². The van der Waals surface area contributed by atoms with E-state index in [0.29, 0.717) is 12.6 Å². The van der Waals surface area contributed by atoms with Crippen molar-refractivity contribution < 1.29 is 4.74 Å². The maximum absolute atomic E-state index is 5.91. The van der Waals surface area contributed by atoms with Crippen LogP contribution in [-0.4, -0.2) is 6.04 Å². The van der Waals surface area contributed by atoms with Crippen LogP contribution in [0, 0.1) is 0 Å². The van der Waals surface area contributed by atoms with Crippen LogP contribution in [0.2, 0.25) is 4.34 Å². The number of nitrogens with one attached hydrogen (secondary N) is 1. The van der Waals surface area contributed by atoms with E-state index in [1.54, 1.807) is 11.3 Å². The molecule has 5 heteroatoms. The molecule has 0 aliphatic heterocycles. The van der Waals surface area contributed by atoms with Gasteiger partial charge in [-0.15, -0.1) is 11.3 Å². The summed E-state index contributed by atoms with van der Waals surface area (Å²) in [5.41, 5.74) is 1.23. The first-order valence-electron chi connectivity index (χ1n) is 6.59. The van der Waals surface area contributed by atoms with Gasteiger partial charge in [0.05, 0.1) is 4.34 Å². The second kappa shape index (κ2) is 6.48. The Morgan fingerprint density at radius 1 is 1.30 bits per heavy atom. The molecule has 2 nitrogen and oxygen atoms in total. The van der Waals surface area contributed by atoms with Crippen molar-refractivity contribution in [2.45, 2.75) is 32.0 Å². The number of halogens is 2. The highest BCUT2D eigenvalue weighted by Crippen LogP contribution is 2.27. The molecule has 0 radical (unpaired) electrons. The molecule has 1 N–H and O–H groups in total. The third-order valence-electron chi connectivity index (χ3n) is 3.19. The lowest BCUT2D eigenvalue weighted by Gasteiger charge is -2.10. The molecule has 3 rings (SSSR count). The average molecular weight is 373 g/mol. The van der Waals surface area contributed by atoms with Gasteiger partial charge >= 0.3 is 0 Å². The second-order valence-corrected chi connectivity index (χ2v) is 7.56. The molecule has 1 aromatic heterocycles. The van der Waals surface area contributed by atoms with Gasteiger partial charge in [-0.2, -0.15) is 0 Å². The maximum Gasteiger partial charge on any atom is 0.122 e. The minimum absolute atomic E-state index is 0.564. The van der Waals surface area contributed by atoms with Crippen molar-refractivity contribution >= 4 is 38.9 Å². The van der Waals surface area contributed by atoms with Crippen molar-refractivity contribution in [1.29, 1.82) is 0 Å². The first kappa shape index (κ1) is 14.4. The molecule has 1 aromatic carbocycles. The van der Waals surface area contributed by atoms with Crippen LogP contribution < -0.4 is 10.1 Å². The molecular formula is C15H15BrClNOS. The van der Waals surface area contributed by atoms with Gasteiger partial charge in [-0.25, -0.2) is 0 Å². The summed E-state index contributed by atoms with van der Waals surface area (Å²) in [5.74, 6) is 0.894. The van der Waals surface area contributed by atoms with E-state index < -0.39 is 0 Å². The fraction of sp³-hybridized carbons (Fsp3) is 0.333. The number of ether oxygens (including phenoxy) is 1. The second-order valence-electron chi connectivity index (χ2n) is 4.90. The van der Waals surface area contributed by atoms with Crippen molar-refractivity contribution in [3.8, 4) is 5.75 Å². The van der Waals surface area contributed by atoms with E-state index in [9.17, 15) is 0 Å². The normalized spacial score (nSPS) is 14.5. The zero-order valence-corrected chi connectivity index (χ0v) is 14.0. The third kappa shape index (κ3) is 3.98. The number of thiophene rings is 1. The van der Waals surface area contributed by atoms with Gasteiger partial charge in [0, 0.05) is 21.9 Å². The molecule has 0 bridgehead atoms. The summed E-state index contributed by atoms with van der Waals surface area (Å²) in [6.45, 7) is 1.45. The molecule has 1 heterocycles. The highest BCUT2D eigenvalue weighted by molar-refractivity contribution is 9.10. The zero-order valence-electron chi connectivity index (χ0n) is 10.9. The van der Waals surface area contributed by atoms with Crippen molar-refractivity contribution in [2.24, 2.45) is 0 Å². The summed E-state index contributed by atoms with van der Waals surface area (Å²) in [4.78, 5) is 1.13. The first-order chi connectivity index (χ1) is 9.70. The third-order valence-corrected chi connectivity index (χ3v) is 5.16. The summed E-state index contributed by atoms with van der Waals surface area (Å²) in [5, 5.41) is 3.52. The number of rotatable bonds is 6. The molecule has 0 unspecified atom stereocenters. The molecule has 0 saturated heterocycles. The summed E-state index contributed by atoms with van der Waals surface area (Å²) in [7, 11) is 0. The zero-order chi connectivity index (χ0) is 13.9. The molecule has 0 spiro atoms. The van der Waals surface area contributed by atoms with Crippen LogP contribution in [0.5, 0.6) is 5.75 Å². The molecular weight excluding hydrogens is 358 g/mol. The van der Waals surface area contributed by atoms with E-state index in [1.807, 2.05) is 24.3 Å². The molecule has 1 aliphatic carbocycles. The van der Waals surface area contributed by atoms with E-state index in [1.165, 1.54) is 18.4 Å². The summed E-state index contributed by atoms with van der Waals surface area (Å²) in [6, 6.07) is 10.7. The molecule has 106 valence electrons. The Morgan fingerprint density at radius 2 is 2.15 bits per heavy atom. The minimum atomic E-state index is 0.564. The van der Waals surface area contributed by atoms with Crippen molar-refractivity contribution in [1.82, 2.24) is 5.32 Å². The molecule has 1 saturated carbocycles. The van der Waals surface area contributed by atoms with Gasteiger partial charge in [0.2, 0.25) is 0 Å². The van der Waals surface area contributed by atoms with Gasteiger partial charge in [0.15, 0.2) is 0 Å². The van der Waals surface area contributed by atoms with E-state index >= 15 is 0 Å². The largest absolute Gasteiger partial charge is 0.488 e. The van der Waals surface area contributed by atoms with Crippen molar-refractivity contribution in [2.75, 3.05) is 0 Å². The molecule has 20 heavy (non-hydrogen) atoms. The lowest BCUT2D eigenvalue weighted by molar-refractivity contribution is 0.309. The number of hydrogen-bond acceptors (Lipinski definition) is 3. The maximum atomic E-state index is 5.91. The highest BCUT2D eigenvalue weighted by atomic mass is 79.9. The van der Waals surface area contributed by atoms with Crippen LogP contribution in [0.1, 0.15) is 23.3 Å². The fourth-order valence-electron chi connectivity index (χ4n) is 1.90. The van der Waals surface area contributed by atoms with Crippen LogP contribution in [-0.2, 0) is 13.2 Å². The SMILES string of the molecule is Clc1ccc(COc2ccc(Br)c(CNC3CC3)c2)s1. The van der Waals surface area contributed by atoms with Gasteiger partial charge in [-0.05, 0) is 48.7 Å². The number of benzene rings is 1. The van der Waals surface area contributed by atoms with Crippen LogP contribution in [0.3, 0.4) is 0 Å². The van der Waals surface area contributed by atoms with Crippen LogP contribution >= 0.6 is 38.9 Å². The Balaban J connectivity index is 1.61. The molecule has 0 amide bonds. The van der Waals surface area contributed by atoms with Gasteiger partial charge in [-0.3, -0.25) is 0 Å². The Kier molecular flexibility index (Phi) is 4.66. The smallest absolute Gasteiger partial charge is 0.122 e. The standard InChI is InChI=1S/C15H15BrClNOS/c16-14-5-3-12(7-10(14)8-18-11-1-2-11)19-9-13-4-6-15(17)20-13/h3-7,11,18H,1-2,8-9H2. The lowest BCUT2D eigenvalue weighted by Crippen LogP contribution is -2.15. The summed E-state index contributed by atoms with van der Waals surface area (Å²) in [6.07, 6.45) is 2.60. The van der Waals surface area contributed by atoms with Crippen molar-refractivity contribution in [3.63, 3.8) is 0 Å². The molecule has 0 atom stereocenters. The lowest BCUT2D eigenvalue weighted by atomic mass is 10.2. The van der Waals surface area contributed by atoms with E-state index in [0.717, 1.165) is 26.0 Å². The van der Waals surface area contributed by atoms with Crippen LogP contribution in [0.15, 0.2) is 34.8 Å². The predicted octanol–water partition coefficient (Wildman–Crippen LogP) is 5.00. The molecule has 2 aromatic rings. The van der Waals surface area contributed by atoms with E-state index in [-0.39, 0.29) is 0 Å². The fourth-order valence-corrected chi connectivity index (χ4v) is 3.29. The Morgan fingerprint density at radius 3 is 2.85 bits per heavy atom. The quantitative estimate of drug-likeness (QED) is 0.771. The Hall–Kier alpha value is -0.550. The number of hydrogen-bond donors (Lipinski definition) is 1. The van der Waals surface area contributed by atoms with E-state index in [2.05, 4.69) is 27.3 Å². The summed E-state index contributed by atoms with van der Waals surface area (Å²) < 4.78 is 7.75. The van der Waals surface area contributed by atoms with Crippen LogP contribution in [0.25, 0.3) is 0 Å². The summed E-state index contributed by atoms with van der Waals surface area (Å²) >= 11 is 11.1. The molecule has 1 aliphatic rings. The van der Waals surface area contributed by atoms with Gasteiger partial charge in [0.25, 0.3) is 0 Å². The van der Waals surface area contributed by atoms with Gasteiger partial charge in [0.1, 0.15) is 12.4 Å². The molecule has 1 fully saturated rings. The Bertz CT molecular complexity index is 597. The first-order valence-corrected chi connectivity index (χ1v) is 8.58. The van der Waals surface area contributed by atoms with Crippen LogP contribution in [0.4, 0.5) is 0 Å². The minimum Gasteiger partial charge on any atom is -0.488 e. The average Bonchev–Trinajstić information content (AvgIpc) is 3.18.